The molecule has 1 heterocycles. The van der Waals surface area contributed by atoms with Crippen LogP contribution in [-0.4, -0.2) is 10.5 Å². The minimum Gasteiger partial charge on any atom is -1.00 e. The van der Waals surface area contributed by atoms with Crippen LogP contribution in [0.5, 0.6) is 0 Å². The molecule has 5 nitrogen and oxygen atoms in total. The van der Waals surface area contributed by atoms with Crippen LogP contribution in [-0.2, 0) is 22.7 Å². The molecular weight excluding hydrogens is 667 g/mol. The average molecular weight is 693 g/mol. The number of ether oxygens (including phenoxy) is 1. The fraction of sp³-hybridized carbons (Fsp3) is 0.214. The van der Waals surface area contributed by atoms with E-state index in [4.69, 9.17) is 62.7 Å². The van der Waals surface area contributed by atoms with Crippen molar-refractivity contribution in [3.63, 3.8) is 0 Å². The quantitative estimate of drug-likeness (QED) is 0.235. The first-order valence-electron chi connectivity index (χ1n) is 11.7. The van der Waals surface area contributed by atoms with Crippen LogP contribution in [0.2, 0.25) is 25.1 Å². The van der Waals surface area contributed by atoms with Crippen LogP contribution in [0.3, 0.4) is 0 Å². The number of hydrogen-bond donors (Lipinski definition) is 1. The Morgan fingerprint density at radius 2 is 1.64 bits per heavy atom. The molecule has 0 spiro atoms. The summed E-state index contributed by atoms with van der Waals surface area (Å²) in [6, 6.07) is 15.5. The summed E-state index contributed by atoms with van der Waals surface area (Å²) in [4.78, 5) is 12.9. The second-order valence-electron chi connectivity index (χ2n) is 8.89. The maximum atomic E-state index is 12.9. The molecule has 4 aromatic rings. The predicted octanol–water partition coefficient (Wildman–Crippen LogP) is 5.51. The van der Waals surface area contributed by atoms with Crippen LogP contribution in [0.1, 0.15) is 35.8 Å². The maximum Gasteiger partial charge on any atom is 0.269 e. The molecule has 39 heavy (non-hydrogen) atoms. The predicted molar refractivity (Wildman–Crippen MR) is 155 cm³/mol. The molecule has 11 heteroatoms. The van der Waals surface area contributed by atoms with E-state index in [1.165, 1.54) is 0 Å². The summed E-state index contributed by atoms with van der Waals surface area (Å²) in [5.74, 6) is -0.168. The van der Waals surface area contributed by atoms with Gasteiger partial charge in [-0.05, 0) is 61.4 Å². The van der Waals surface area contributed by atoms with Gasteiger partial charge < -0.3 is 27.0 Å². The summed E-state index contributed by atoms with van der Waals surface area (Å²) in [5.41, 5.74) is 3.17. The Labute approximate surface area is 263 Å². The number of carbonyl (C=O) groups is 1. The Morgan fingerprint density at radius 3 is 2.31 bits per heavy atom. The molecule has 0 radical (unpaired) electrons. The first-order valence-corrected chi connectivity index (χ1v) is 13.6. The summed E-state index contributed by atoms with van der Waals surface area (Å²) < 4.78 is 10.1. The van der Waals surface area contributed by atoms with E-state index in [1.54, 1.807) is 30.3 Å². The lowest BCUT2D eigenvalue weighted by molar-refractivity contribution is -0.705. The zero-order chi connectivity index (χ0) is 27.4. The summed E-state index contributed by atoms with van der Waals surface area (Å²) in [6.07, 6.45) is 5.14. The lowest BCUT2D eigenvalue weighted by Crippen LogP contribution is -3.00. The molecule has 2 unspecified atom stereocenters. The van der Waals surface area contributed by atoms with E-state index in [0.29, 0.717) is 37.3 Å². The normalized spacial score (nSPS) is 12.5. The van der Waals surface area contributed by atoms with Gasteiger partial charge in [-0.15, -0.1) is 0 Å². The molecule has 0 aliphatic heterocycles. The molecule has 0 bridgehead atoms. The van der Waals surface area contributed by atoms with Gasteiger partial charge in [-0.25, -0.2) is 9.13 Å². The zero-order valence-corrected chi connectivity index (χ0v) is 26.3. The number of aromatic nitrogens is 2. The van der Waals surface area contributed by atoms with Crippen molar-refractivity contribution in [2.75, 3.05) is 5.32 Å². The minimum atomic E-state index is -0.470. The van der Waals surface area contributed by atoms with E-state index in [0.717, 1.165) is 16.7 Å². The van der Waals surface area contributed by atoms with Gasteiger partial charge in [0.1, 0.15) is 25.0 Å². The third-order valence-corrected chi connectivity index (χ3v) is 7.68. The lowest BCUT2D eigenvalue weighted by Gasteiger charge is -2.19. The number of carbonyl (C=O) groups excluding carboxylic acids is 1. The van der Waals surface area contributed by atoms with E-state index < -0.39 is 12.1 Å². The Bertz CT molecular complexity index is 1460. The molecule has 2 atom stereocenters. The number of rotatable bonds is 9. The molecule has 4 rings (SSSR count). The molecule has 0 fully saturated rings. The number of aryl methyl sites for hydroxylation is 1. The number of hydrogen-bond acceptors (Lipinski definition) is 2. The highest BCUT2D eigenvalue weighted by atomic mass is 79.9. The largest absolute Gasteiger partial charge is 1.00 e. The Balaban J connectivity index is 0.00000420. The first-order chi connectivity index (χ1) is 18.1. The van der Waals surface area contributed by atoms with Crippen LogP contribution < -0.4 is 26.9 Å². The van der Waals surface area contributed by atoms with E-state index in [9.17, 15) is 4.79 Å². The number of nitrogens with one attached hydrogen (secondary N) is 1. The molecule has 3 aromatic carbocycles. The molecule has 0 saturated heterocycles. The third-order valence-electron chi connectivity index (χ3n) is 6.12. The first kappa shape index (κ1) is 31.8. The fourth-order valence-electron chi connectivity index (χ4n) is 3.82. The van der Waals surface area contributed by atoms with Crippen LogP contribution in [0.4, 0.5) is 5.69 Å². The molecule has 0 aliphatic carbocycles. The molecule has 1 amide bonds. The highest BCUT2D eigenvalue weighted by Gasteiger charge is 2.24. The van der Waals surface area contributed by atoms with Gasteiger partial charge in [-0.1, -0.05) is 76.2 Å². The molecule has 0 aliphatic rings. The fourth-order valence-corrected chi connectivity index (χ4v) is 5.00. The van der Waals surface area contributed by atoms with Crippen molar-refractivity contribution < 1.29 is 31.1 Å². The van der Waals surface area contributed by atoms with Gasteiger partial charge in [-0.3, -0.25) is 4.79 Å². The topological polar surface area (TPSA) is 47.1 Å². The van der Waals surface area contributed by atoms with Crippen LogP contribution >= 0.6 is 58.0 Å². The average Bonchev–Trinajstić information content (AvgIpc) is 3.33. The second-order valence-corrected chi connectivity index (χ2v) is 11.0. The summed E-state index contributed by atoms with van der Waals surface area (Å²) in [7, 11) is 0. The third kappa shape index (κ3) is 8.37. The highest BCUT2D eigenvalue weighted by Crippen LogP contribution is 2.31. The number of nitrogens with zero attached hydrogens (tertiary/aromatic N) is 2. The zero-order valence-electron chi connectivity index (χ0n) is 21.0. The summed E-state index contributed by atoms with van der Waals surface area (Å²) >= 11 is 31.2. The monoisotopic (exact) mass is 689 g/mol. The Kier molecular flexibility index (Phi) is 11.6. The standard InChI is InChI=1S/C28H24Cl5N3O2.BrH/c1-17-3-7-22(13-24(17)31)34-28(37)18(2)36-10-9-35(16-36)14-27(23-8-6-21(30)12-26(23)33)38-15-19-4-5-20(29)11-25(19)32;/h3-13,16,18,27H,14-15H2,1-2H3;1H. The van der Waals surface area contributed by atoms with Crippen LogP contribution in [0.25, 0.3) is 0 Å². The maximum absolute atomic E-state index is 12.9. The van der Waals surface area contributed by atoms with Crippen molar-refractivity contribution in [3.8, 4) is 0 Å². The van der Waals surface area contributed by atoms with Crippen molar-refractivity contribution in [1.29, 1.82) is 0 Å². The number of halogens is 6. The van der Waals surface area contributed by atoms with Gasteiger partial charge in [0.25, 0.3) is 5.91 Å². The van der Waals surface area contributed by atoms with E-state index in [1.807, 2.05) is 66.0 Å². The minimum absolute atomic E-state index is 0. The van der Waals surface area contributed by atoms with E-state index >= 15 is 0 Å². The lowest BCUT2D eigenvalue weighted by atomic mass is 10.1. The van der Waals surface area contributed by atoms with Crippen molar-refractivity contribution in [3.05, 3.63) is 115 Å². The van der Waals surface area contributed by atoms with Crippen LogP contribution in [0, 0.1) is 6.92 Å². The molecule has 0 saturated carbocycles. The van der Waals surface area contributed by atoms with Crippen molar-refractivity contribution in [2.45, 2.75) is 39.1 Å². The molecule has 1 N–H and O–H groups in total. The Hall–Kier alpha value is -1.77. The molecule has 206 valence electrons. The molecule has 1 aromatic heterocycles. The van der Waals surface area contributed by atoms with Gasteiger partial charge in [0.2, 0.25) is 6.33 Å². The van der Waals surface area contributed by atoms with Gasteiger partial charge in [0, 0.05) is 36.4 Å². The van der Waals surface area contributed by atoms with Gasteiger partial charge in [-0.2, -0.15) is 0 Å². The summed E-state index contributed by atoms with van der Waals surface area (Å²) in [5, 5.41) is 5.61. The van der Waals surface area contributed by atoms with Crippen molar-refractivity contribution in [1.82, 2.24) is 4.57 Å². The smallest absolute Gasteiger partial charge is 0.269 e. The van der Waals surface area contributed by atoms with Crippen LogP contribution in [0.15, 0.2) is 73.3 Å². The van der Waals surface area contributed by atoms with E-state index in [2.05, 4.69) is 5.32 Å². The van der Waals surface area contributed by atoms with Crippen molar-refractivity contribution >= 4 is 69.6 Å². The summed E-state index contributed by atoms with van der Waals surface area (Å²) in [6.45, 7) is 4.41. The van der Waals surface area contributed by atoms with Gasteiger partial charge in [0.15, 0.2) is 6.04 Å². The number of anilines is 1. The second kappa shape index (κ2) is 14.2. The number of amides is 1. The molecular formula is C28H25BrCl5N3O2. The van der Waals surface area contributed by atoms with E-state index in [-0.39, 0.29) is 29.5 Å². The SMILES string of the molecule is Cc1ccc(NC(=O)C(C)[n+]2ccn(CC(OCc3ccc(Cl)cc3Cl)c3ccc(Cl)cc3Cl)c2)cc1Cl.[Br-]. The Morgan fingerprint density at radius 1 is 0.949 bits per heavy atom. The van der Waals surface area contributed by atoms with Gasteiger partial charge >= 0.3 is 0 Å². The number of benzene rings is 3. The van der Waals surface area contributed by atoms with Gasteiger partial charge in [0.05, 0.1) is 6.61 Å². The van der Waals surface area contributed by atoms with Crippen molar-refractivity contribution in [2.24, 2.45) is 0 Å². The number of imidazole rings is 1. The highest BCUT2D eigenvalue weighted by molar-refractivity contribution is 6.35.